The van der Waals surface area contributed by atoms with E-state index in [1.807, 2.05) is 17.0 Å². The molecule has 1 fully saturated rings. The number of morpholine rings is 1. The second-order valence-electron chi connectivity index (χ2n) is 3.91. The van der Waals surface area contributed by atoms with Gasteiger partial charge in [0.1, 0.15) is 5.75 Å². The zero-order chi connectivity index (χ0) is 12.3. The molecule has 1 aliphatic heterocycles. The van der Waals surface area contributed by atoms with Crippen molar-refractivity contribution in [1.82, 2.24) is 0 Å². The van der Waals surface area contributed by atoms with Crippen LogP contribution in [-0.4, -0.2) is 34.7 Å². The molecule has 0 aliphatic carbocycles. The van der Waals surface area contributed by atoms with Gasteiger partial charge in [-0.15, -0.1) is 3.89 Å². The molecule has 6 heteroatoms. The standard InChI is InChI=1S/C11H14FNO3S/c12-17(14,15)9-10-3-1-2-4-11(10)13-5-7-16-8-6-13/h1-4H,5-9H2. The summed E-state index contributed by atoms with van der Waals surface area (Å²) in [6.45, 7) is 2.61. The molecule has 0 N–H and O–H groups in total. The highest BCUT2D eigenvalue weighted by Crippen LogP contribution is 2.23. The van der Waals surface area contributed by atoms with E-state index in [0.29, 0.717) is 31.9 Å². The van der Waals surface area contributed by atoms with Gasteiger partial charge in [-0.05, 0) is 11.6 Å². The van der Waals surface area contributed by atoms with E-state index in [0.717, 1.165) is 5.69 Å². The number of anilines is 1. The molecule has 0 saturated carbocycles. The molecule has 0 spiro atoms. The largest absolute Gasteiger partial charge is 0.378 e. The fourth-order valence-corrected chi connectivity index (χ4v) is 2.55. The van der Waals surface area contributed by atoms with E-state index in [1.54, 1.807) is 12.1 Å². The fraction of sp³-hybridized carbons (Fsp3) is 0.455. The number of hydrogen-bond acceptors (Lipinski definition) is 4. The average molecular weight is 259 g/mol. The Morgan fingerprint density at radius 2 is 1.88 bits per heavy atom. The zero-order valence-electron chi connectivity index (χ0n) is 9.30. The Kier molecular flexibility index (Phi) is 3.63. The summed E-state index contributed by atoms with van der Waals surface area (Å²) in [4.78, 5) is 2.02. The van der Waals surface area contributed by atoms with Crippen LogP contribution in [0.2, 0.25) is 0 Å². The molecule has 0 aromatic heterocycles. The van der Waals surface area contributed by atoms with Crippen molar-refractivity contribution in [2.75, 3.05) is 31.2 Å². The first-order valence-electron chi connectivity index (χ1n) is 5.39. The van der Waals surface area contributed by atoms with Crippen LogP contribution in [0.25, 0.3) is 0 Å². The number of benzene rings is 1. The maximum atomic E-state index is 12.8. The monoisotopic (exact) mass is 259 g/mol. The highest BCUT2D eigenvalue weighted by molar-refractivity contribution is 7.85. The minimum absolute atomic E-state index is 0.497. The van der Waals surface area contributed by atoms with Crippen LogP contribution in [0.1, 0.15) is 5.56 Å². The maximum Gasteiger partial charge on any atom is 0.306 e. The van der Waals surface area contributed by atoms with Crippen LogP contribution < -0.4 is 4.90 Å². The Bertz CT molecular complexity index is 483. The van der Waals surface area contributed by atoms with Crippen molar-refractivity contribution >= 4 is 15.9 Å². The third kappa shape index (κ3) is 3.41. The Morgan fingerprint density at radius 1 is 1.24 bits per heavy atom. The summed E-state index contributed by atoms with van der Waals surface area (Å²) in [5.41, 5.74) is 1.27. The lowest BCUT2D eigenvalue weighted by Crippen LogP contribution is -2.36. The van der Waals surface area contributed by atoms with Crippen molar-refractivity contribution in [2.24, 2.45) is 0 Å². The van der Waals surface area contributed by atoms with Crippen molar-refractivity contribution in [3.8, 4) is 0 Å². The van der Waals surface area contributed by atoms with Crippen LogP contribution in [0.3, 0.4) is 0 Å². The second-order valence-corrected chi connectivity index (χ2v) is 5.28. The molecule has 0 amide bonds. The summed E-state index contributed by atoms with van der Waals surface area (Å²) in [7, 11) is -4.50. The van der Waals surface area contributed by atoms with Gasteiger partial charge in [0, 0.05) is 18.8 Å². The number of hydrogen-bond donors (Lipinski definition) is 0. The smallest absolute Gasteiger partial charge is 0.306 e. The van der Waals surface area contributed by atoms with Crippen LogP contribution >= 0.6 is 0 Å². The van der Waals surface area contributed by atoms with E-state index >= 15 is 0 Å². The van der Waals surface area contributed by atoms with Gasteiger partial charge < -0.3 is 9.64 Å². The normalized spacial score (nSPS) is 17.1. The summed E-state index contributed by atoms with van der Waals surface area (Å²) < 4.78 is 39.4. The SMILES string of the molecule is O=S(=O)(F)Cc1ccccc1N1CCOCC1. The number of para-hydroxylation sites is 1. The van der Waals surface area contributed by atoms with Gasteiger partial charge in [0.15, 0.2) is 0 Å². The molecule has 2 rings (SSSR count). The van der Waals surface area contributed by atoms with Crippen molar-refractivity contribution in [3.05, 3.63) is 29.8 Å². The van der Waals surface area contributed by atoms with Crippen LogP contribution in [0.5, 0.6) is 0 Å². The molecule has 1 aliphatic rings. The van der Waals surface area contributed by atoms with Gasteiger partial charge in [-0.25, -0.2) is 0 Å². The molecule has 4 nitrogen and oxygen atoms in total. The molecule has 94 valence electrons. The van der Waals surface area contributed by atoms with E-state index in [-0.39, 0.29) is 0 Å². The molecule has 0 unspecified atom stereocenters. The molecule has 1 heterocycles. The van der Waals surface area contributed by atoms with Gasteiger partial charge in [0.2, 0.25) is 0 Å². The Labute approximate surface area is 100 Å². The van der Waals surface area contributed by atoms with Crippen LogP contribution in [-0.2, 0) is 20.7 Å². The number of halogens is 1. The number of ether oxygens (including phenoxy) is 1. The zero-order valence-corrected chi connectivity index (χ0v) is 10.1. The van der Waals surface area contributed by atoms with Crippen molar-refractivity contribution < 1.29 is 17.0 Å². The van der Waals surface area contributed by atoms with E-state index in [2.05, 4.69) is 0 Å². The van der Waals surface area contributed by atoms with Gasteiger partial charge >= 0.3 is 10.2 Å². The summed E-state index contributed by atoms with van der Waals surface area (Å²) >= 11 is 0. The van der Waals surface area contributed by atoms with Gasteiger partial charge in [-0.2, -0.15) is 8.42 Å². The van der Waals surface area contributed by atoms with Gasteiger partial charge in [-0.1, -0.05) is 18.2 Å². The third-order valence-electron chi connectivity index (χ3n) is 2.67. The highest BCUT2D eigenvalue weighted by Gasteiger charge is 2.18. The first-order chi connectivity index (χ1) is 8.06. The van der Waals surface area contributed by atoms with Gasteiger partial charge in [-0.3, -0.25) is 0 Å². The summed E-state index contributed by atoms with van der Waals surface area (Å²) in [6, 6.07) is 6.98. The minimum Gasteiger partial charge on any atom is -0.378 e. The maximum absolute atomic E-state index is 12.8. The molecular formula is C11H14FNO3S. The second kappa shape index (κ2) is 5.01. The fourth-order valence-electron chi connectivity index (χ4n) is 1.93. The first kappa shape index (κ1) is 12.3. The lowest BCUT2D eigenvalue weighted by Gasteiger charge is -2.30. The van der Waals surface area contributed by atoms with Gasteiger partial charge in [0.25, 0.3) is 0 Å². The molecule has 1 aromatic carbocycles. The quantitative estimate of drug-likeness (QED) is 0.768. The van der Waals surface area contributed by atoms with Crippen molar-refractivity contribution in [2.45, 2.75) is 5.75 Å². The Morgan fingerprint density at radius 3 is 2.53 bits per heavy atom. The van der Waals surface area contributed by atoms with Crippen LogP contribution in [0.15, 0.2) is 24.3 Å². The van der Waals surface area contributed by atoms with Crippen molar-refractivity contribution in [1.29, 1.82) is 0 Å². The molecular weight excluding hydrogens is 245 g/mol. The lowest BCUT2D eigenvalue weighted by atomic mass is 10.1. The van der Waals surface area contributed by atoms with E-state index in [9.17, 15) is 12.3 Å². The molecule has 1 saturated heterocycles. The predicted octanol–water partition coefficient (Wildman–Crippen LogP) is 1.32. The molecule has 0 bridgehead atoms. The predicted molar refractivity (Wildman–Crippen MR) is 63.2 cm³/mol. The Balaban J connectivity index is 2.26. The molecule has 17 heavy (non-hydrogen) atoms. The summed E-state index contributed by atoms with van der Waals surface area (Å²) in [6.07, 6.45) is 0. The Hall–Kier alpha value is -1.14. The van der Waals surface area contributed by atoms with E-state index in [1.165, 1.54) is 0 Å². The summed E-state index contributed by atoms with van der Waals surface area (Å²) in [5.74, 6) is -0.569. The van der Waals surface area contributed by atoms with Crippen LogP contribution in [0.4, 0.5) is 9.57 Å². The topological polar surface area (TPSA) is 46.6 Å². The third-order valence-corrected chi connectivity index (χ3v) is 3.33. The average Bonchev–Trinajstić information content (AvgIpc) is 2.29. The molecule has 0 radical (unpaired) electrons. The van der Waals surface area contributed by atoms with E-state index in [4.69, 9.17) is 4.74 Å². The van der Waals surface area contributed by atoms with Gasteiger partial charge in [0.05, 0.1) is 13.2 Å². The van der Waals surface area contributed by atoms with Crippen molar-refractivity contribution in [3.63, 3.8) is 0 Å². The molecule has 0 atom stereocenters. The number of rotatable bonds is 3. The summed E-state index contributed by atoms with van der Waals surface area (Å²) in [5, 5.41) is 0. The first-order valence-corrected chi connectivity index (χ1v) is 6.94. The molecule has 1 aromatic rings. The lowest BCUT2D eigenvalue weighted by molar-refractivity contribution is 0.122. The number of nitrogens with zero attached hydrogens (tertiary/aromatic N) is 1. The minimum atomic E-state index is -4.50. The highest BCUT2D eigenvalue weighted by atomic mass is 32.3. The van der Waals surface area contributed by atoms with Crippen LogP contribution in [0, 0.1) is 0 Å². The van der Waals surface area contributed by atoms with E-state index < -0.39 is 16.0 Å².